The number of esters is 1. The second kappa shape index (κ2) is 4.56. The van der Waals surface area contributed by atoms with E-state index in [9.17, 15) is 4.79 Å². The van der Waals surface area contributed by atoms with Gasteiger partial charge >= 0.3 is 5.97 Å². The van der Waals surface area contributed by atoms with Gasteiger partial charge in [-0.1, -0.05) is 6.07 Å². The molecule has 6 heteroatoms. The van der Waals surface area contributed by atoms with Gasteiger partial charge in [0.25, 0.3) is 0 Å². The van der Waals surface area contributed by atoms with Gasteiger partial charge in [-0.3, -0.25) is 4.79 Å². The fourth-order valence-electron chi connectivity index (χ4n) is 1.83. The lowest BCUT2D eigenvalue weighted by Crippen LogP contribution is -2.05. The van der Waals surface area contributed by atoms with E-state index in [4.69, 9.17) is 4.42 Å². The third kappa shape index (κ3) is 2.20. The highest BCUT2D eigenvalue weighted by Gasteiger charge is 2.09. The highest BCUT2D eigenvalue weighted by Crippen LogP contribution is 2.22. The van der Waals surface area contributed by atoms with Gasteiger partial charge in [0.2, 0.25) is 0 Å². The molecule has 2 aromatic heterocycles. The number of nitrogens with zero attached hydrogens (tertiary/aromatic N) is 2. The van der Waals surface area contributed by atoms with E-state index in [1.54, 1.807) is 6.20 Å². The number of hydrogen-bond donors (Lipinski definition) is 1. The molecule has 0 saturated heterocycles. The molecular weight excluding hydrogens is 246 g/mol. The van der Waals surface area contributed by atoms with Gasteiger partial charge in [0, 0.05) is 5.56 Å². The first-order chi connectivity index (χ1) is 9.26. The molecule has 2 heterocycles. The van der Waals surface area contributed by atoms with Crippen LogP contribution in [-0.2, 0) is 16.0 Å². The predicted molar refractivity (Wildman–Crippen MR) is 67.3 cm³/mol. The number of rotatable bonds is 3. The normalized spacial score (nSPS) is 10.8. The van der Waals surface area contributed by atoms with Crippen LogP contribution in [0.5, 0.6) is 0 Å². The Labute approximate surface area is 108 Å². The van der Waals surface area contributed by atoms with Gasteiger partial charge < -0.3 is 14.1 Å². The Morgan fingerprint density at radius 3 is 3.16 bits per heavy atom. The van der Waals surface area contributed by atoms with Crippen molar-refractivity contribution in [3.8, 4) is 11.3 Å². The van der Waals surface area contributed by atoms with E-state index in [-0.39, 0.29) is 12.4 Å². The van der Waals surface area contributed by atoms with E-state index in [0.717, 1.165) is 16.8 Å². The van der Waals surface area contributed by atoms with Crippen molar-refractivity contribution in [3.05, 3.63) is 36.6 Å². The maximum absolute atomic E-state index is 11.2. The number of nitrogens with one attached hydrogen (secondary N) is 1. The van der Waals surface area contributed by atoms with E-state index in [0.29, 0.717) is 11.4 Å². The Balaban J connectivity index is 1.91. The molecule has 0 aliphatic heterocycles. The molecule has 0 aliphatic carbocycles. The molecule has 3 rings (SSSR count). The van der Waals surface area contributed by atoms with Crippen LogP contribution in [0.1, 0.15) is 5.82 Å². The number of imidazole rings is 1. The summed E-state index contributed by atoms with van der Waals surface area (Å²) in [7, 11) is 1.35. The van der Waals surface area contributed by atoms with Crippen LogP contribution in [0.2, 0.25) is 0 Å². The van der Waals surface area contributed by atoms with Crippen molar-refractivity contribution in [2.45, 2.75) is 6.42 Å². The maximum atomic E-state index is 11.2. The van der Waals surface area contributed by atoms with Crippen molar-refractivity contribution in [1.82, 2.24) is 15.0 Å². The molecule has 0 unspecified atom stereocenters. The SMILES string of the molecule is COC(=O)Cc1ncc(-c2ccc3ncoc3c2)[nH]1. The fourth-order valence-corrected chi connectivity index (χ4v) is 1.83. The molecular formula is C13H11N3O3. The minimum Gasteiger partial charge on any atom is -0.469 e. The van der Waals surface area contributed by atoms with E-state index in [1.165, 1.54) is 13.5 Å². The van der Waals surface area contributed by atoms with Crippen LogP contribution in [0.15, 0.2) is 35.2 Å². The smallest absolute Gasteiger partial charge is 0.313 e. The van der Waals surface area contributed by atoms with Crippen LogP contribution >= 0.6 is 0 Å². The molecule has 0 amide bonds. The Kier molecular flexibility index (Phi) is 2.75. The first kappa shape index (κ1) is 11.5. The van der Waals surface area contributed by atoms with Crippen LogP contribution in [0.3, 0.4) is 0 Å². The van der Waals surface area contributed by atoms with E-state index in [2.05, 4.69) is 19.7 Å². The quantitative estimate of drug-likeness (QED) is 0.725. The number of methoxy groups -OCH3 is 1. The molecule has 0 aliphatic rings. The molecule has 1 N–H and O–H groups in total. The highest BCUT2D eigenvalue weighted by atomic mass is 16.5. The van der Waals surface area contributed by atoms with Crippen molar-refractivity contribution in [2.24, 2.45) is 0 Å². The van der Waals surface area contributed by atoms with Crippen LogP contribution in [-0.4, -0.2) is 28.0 Å². The van der Waals surface area contributed by atoms with Gasteiger partial charge in [0.15, 0.2) is 12.0 Å². The van der Waals surface area contributed by atoms with Crippen molar-refractivity contribution >= 4 is 17.1 Å². The topological polar surface area (TPSA) is 81.0 Å². The first-order valence-corrected chi connectivity index (χ1v) is 5.70. The first-order valence-electron chi connectivity index (χ1n) is 5.70. The van der Waals surface area contributed by atoms with Gasteiger partial charge in [-0.2, -0.15) is 0 Å². The summed E-state index contributed by atoms with van der Waals surface area (Å²) in [5, 5.41) is 0. The summed E-state index contributed by atoms with van der Waals surface area (Å²) in [6.45, 7) is 0. The number of aromatic nitrogens is 3. The Bertz CT molecular complexity index is 729. The Morgan fingerprint density at radius 2 is 2.32 bits per heavy atom. The summed E-state index contributed by atoms with van der Waals surface area (Å²) >= 11 is 0. The second-order valence-electron chi connectivity index (χ2n) is 4.03. The molecule has 96 valence electrons. The van der Waals surface area contributed by atoms with Gasteiger partial charge in [0.05, 0.1) is 19.0 Å². The molecule has 0 atom stereocenters. The number of carbonyl (C=O) groups is 1. The summed E-state index contributed by atoms with van der Waals surface area (Å²) in [4.78, 5) is 22.4. The summed E-state index contributed by atoms with van der Waals surface area (Å²) in [5.41, 5.74) is 3.25. The van der Waals surface area contributed by atoms with Crippen molar-refractivity contribution in [1.29, 1.82) is 0 Å². The van der Waals surface area contributed by atoms with Crippen molar-refractivity contribution in [2.75, 3.05) is 7.11 Å². The van der Waals surface area contributed by atoms with E-state index in [1.807, 2.05) is 18.2 Å². The number of carbonyl (C=O) groups excluding carboxylic acids is 1. The molecule has 0 spiro atoms. The zero-order valence-electron chi connectivity index (χ0n) is 10.2. The number of aromatic amines is 1. The summed E-state index contributed by atoms with van der Waals surface area (Å²) in [6, 6.07) is 5.66. The molecule has 1 aromatic carbocycles. The average Bonchev–Trinajstić information content (AvgIpc) is 3.05. The van der Waals surface area contributed by atoms with Crippen LogP contribution < -0.4 is 0 Å². The van der Waals surface area contributed by atoms with Crippen molar-refractivity contribution < 1.29 is 13.9 Å². The summed E-state index contributed by atoms with van der Waals surface area (Å²) in [5.74, 6) is 0.242. The molecule has 6 nitrogen and oxygen atoms in total. The van der Waals surface area contributed by atoms with Crippen LogP contribution in [0.4, 0.5) is 0 Å². The zero-order valence-corrected chi connectivity index (χ0v) is 10.2. The lowest BCUT2D eigenvalue weighted by Gasteiger charge is -1.97. The number of ether oxygens (including phenoxy) is 1. The third-order valence-corrected chi connectivity index (χ3v) is 2.81. The molecule has 0 bridgehead atoms. The standard InChI is InChI=1S/C13H11N3O3/c1-18-13(17)5-12-14-6-10(16-12)8-2-3-9-11(4-8)19-7-15-9/h2-4,6-7H,5H2,1H3,(H,14,16). The van der Waals surface area contributed by atoms with Gasteiger partial charge in [-0.25, -0.2) is 9.97 Å². The molecule has 3 aromatic rings. The van der Waals surface area contributed by atoms with Crippen LogP contribution in [0, 0.1) is 0 Å². The second-order valence-corrected chi connectivity index (χ2v) is 4.03. The number of H-pyrrole nitrogens is 1. The number of oxazole rings is 1. The van der Waals surface area contributed by atoms with Gasteiger partial charge in [-0.05, 0) is 12.1 Å². The number of benzene rings is 1. The van der Waals surface area contributed by atoms with Crippen molar-refractivity contribution in [3.63, 3.8) is 0 Å². The number of fused-ring (bicyclic) bond motifs is 1. The lowest BCUT2D eigenvalue weighted by atomic mass is 10.1. The minimum absolute atomic E-state index is 0.126. The van der Waals surface area contributed by atoms with E-state index < -0.39 is 0 Å². The Hall–Kier alpha value is -2.63. The largest absolute Gasteiger partial charge is 0.469 e. The summed E-state index contributed by atoms with van der Waals surface area (Å²) < 4.78 is 9.84. The third-order valence-electron chi connectivity index (χ3n) is 2.81. The highest BCUT2D eigenvalue weighted by molar-refractivity contribution is 5.79. The fraction of sp³-hybridized carbons (Fsp3) is 0.154. The summed E-state index contributed by atoms with van der Waals surface area (Å²) in [6.07, 6.45) is 3.21. The maximum Gasteiger partial charge on any atom is 0.313 e. The number of hydrogen-bond acceptors (Lipinski definition) is 5. The molecule has 0 radical (unpaired) electrons. The zero-order chi connectivity index (χ0) is 13.2. The van der Waals surface area contributed by atoms with E-state index >= 15 is 0 Å². The lowest BCUT2D eigenvalue weighted by molar-refractivity contribution is -0.139. The van der Waals surface area contributed by atoms with Crippen LogP contribution in [0.25, 0.3) is 22.4 Å². The monoisotopic (exact) mass is 257 g/mol. The molecule has 19 heavy (non-hydrogen) atoms. The predicted octanol–water partition coefficient (Wildman–Crippen LogP) is 1.93. The van der Waals surface area contributed by atoms with Gasteiger partial charge in [-0.15, -0.1) is 0 Å². The average molecular weight is 257 g/mol. The molecule has 0 saturated carbocycles. The molecule has 0 fully saturated rings. The Morgan fingerprint density at radius 1 is 1.42 bits per heavy atom. The van der Waals surface area contributed by atoms with Gasteiger partial charge in [0.1, 0.15) is 17.8 Å². The minimum atomic E-state index is -0.327.